The zero-order valence-corrected chi connectivity index (χ0v) is 11.6. The molecule has 2 rings (SSSR count). The highest BCUT2D eigenvalue weighted by Gasteiger charge is 2.06. The Bertz CT molecular complexity index is 537. The largest absolute Gasteiger partial charge is 0.477 e. The van der Waals surface area contributed by atoms with Crippen molar-refractivity contribution in [2.24, 2.45) is 5.92 Å². The number of aliphatic hydroxyl groups excluding tert-OH is 1. The van der Waals surface area contributed by atoms with Gasteiger partial charge in [0, 0.05) is 5.39 Å². The van der Waals surface area contributed by atoms with Gasteiger partial charge in [0.15, 0.2) is 0 Å². The number of rotatable bonds is 6. The standard InChI is InChI=1S/C16H21NO2/c1-12(2)6-5-9-19-16-15-8-4-3-7-13(15)10-14(11-18)17-16/h3-4,7-8,10,12,18H,5-6,9,11H2,1-2H3. The third-order valence-electron chi connectivity index (χ3n) is 3.09. The summed E-state index contributed by atoms with van der Waals surface area (Å²) in [6.45, 7) is 5.03. The SMILES string of the molecule is CC(C)CCCOc1nc(CO)cc2ccccc12. The van der Waals surface area contributed by atoms with Gasteiger partial charge < -0.3 is 9.84 Å². The Hall–Kier alpha value is -1.61. The molecule has 0 spiro atoms. The van der Waals surface area contributed by atoms with Crippen LogP contribution in [0.2, 0.25) is 0 Å². The van der Waals surface area contributed by atoms with Crippen LogP contribution in [-0.4, -0.2) is 16.7 Å². The lowest BCUT2D eigenvalue weighted by atomic mass is 10.1. The second kappa shape index (κ2) is 6.53. The van der Waals surface area contributed by atoms with Crippen molar-refractivity contribution in [3.05, 3.63) is 36.0 Å². The van der Waals surface area contributed by atoms with Crippen molar-refractivity contribution in [3.63, 3.8) is 0 Å². The summed E-state index contributed by atoms with van der Waals surface area (Å²) in [4.78, 5) is 4.36. The molecule has 1 heterocycles. The van der Waals surface area contributed by atoms with Gasteiger partial charge in [-0.3, -0.25) is 0 Å². The summed E-state index contributed by atoms with van der Waals surface area (Å²) >= 11 is 0. The number of nitrogens with zero attached hydrogens (tertiary/aromatic N) is 1. The summed E-state index contributed by atoms with van der Waals surface area (Å²) in [5.74, 6) is 1.32. The van der Waals surface area contributed by atoms with Crippen LogP contribution in [0.4, 0.5) is 0 Å². The fraction of sp³-hybridized carbons (Fsp3) is 0.438. The van der Waals surface area contributed by atoms with Gasteiger partial charge in [0.25, 0.3) is 0 Å². The highest BCUT2D eigenvalue weighted by Crippen LogP contribution is 2.24. The summed E-state index contributed by atoms with van der Waals surface area (Å²) in [5.41, 5.74) is 0.651. The third kappa shape index (κ3) is 3.67. The van der Waals surface area contributed by atoms with Crippen molar-refractivity contribution >= 4 is 10.8 Å². The van der Waals surface area contributed by atoms with Crippen molar-refractivity contribution < 1.29 is 9.84 Å². The fourth-order valence-electron chi connectivity index (χ4n) is 2.07. The zero-order valence-electron chi connectivity index (χ0n) is 11.6. The van der Waals surface area contributed by atoms with Crippen LogP contribution in [0.3, 0.4) is 0 Å². The van der Waals surface area contributed by atoms with Gasteiger partial charge in [-0.25, -0.2) is 4.98 Å². The topological polar surface area (TPSA) is 42.4 Å². The molecule has 3 heteroatoms. The fourth-order valence-corrected chi connectivity index (χ4v) is 2.07. The van der Waals surface area contributed by atoms with E-state index in [0.29, 0.717) is 24.1 Å². The van der Waals surface area contributed by atoms with E-state index in [-0.39, 0.29) is 6.61 Å². The third-order valence-corrected chi connectivity index (χ3v) is 3.09. The maximum atomic E-state index is 9.25. The predicted molar refractivity (Wildman–Crippen MR) is 77.2 cm³/mol. The molecule has 0 aliphatic heterocycles. The van der Waals surface area contributed by atoms with E-state index < -0.39 is 0 Å². The molecule has 102 valence electrons. The van der Waals surface area contributed by atoms with Gasteiger partial charge in [-0.2, -0.15) is 0 Å². The maximum Gasteiger partial charge on any atom is 0.221 e. The first-order valence-electron chi connectivity index (χ1n) is 6.83. The van der Waals surface area contributed by atoms with E-state index in [1.807, 2.05) is 30.3 Å². The molecule has 0 aliphatic carbocycles. The molecule has 0 unspecified atom stereocenters. The first kappa shape index (κ1) is 13.8. The summed E-state index contributed by atoms with van der Waals surface area (Å²) in [5, 5.41) is 11.3. The molecule has 0 radical (unpaired) electrons. The van der Waals surface area contributed by atoms with E-state index in [1.54, 1.807) is 0 Å². The summed E-state index contributed by atoms with van der Waals surface area (Å²) in [7, 11) is 0. The number of fused-ring (bicyclic) bond motifs is 1. The Kier molecular flexibility index (Phi) is 4.74. The molecule has 1 aromatic carbocycles. The molecule has 0 bridgehead atoms. The van der Waals surface area contributed by atoms with Crippen LogP contribution in [0, 0.1) is 5.92 Å². The summed E-state index contributed by atoms with van der Waals surface area (Å²) in [6, 6.07) is 9.87. The van der Waals surface area contributed by atoms with E-state index in [1.165, 1.54) is 0 Å². The molecule has 3 nitrogen and oxygen atoms in total. The Balaban J connectivity index is 2.16. The zero-order chi connectivity index (χ0) is 13.7. The van der Waals surface area contributed by atoms with Gasteiger partial charge in [-0.1, -0.05) is 32.0 Å². The second-order valence-corrected chi connectivity index (χ2v) is 5.18. The minimum Gasteiger partial charge on any atom is -0.477 e. The number of pyridine rings is 1. The van der Waals surface area contributed by atoms with Crippen LogP contribution < -0.4 is 4.74 Å². The lowest BCUT2D eigenvalue weighted by molar-refractivity contribution is 0.266. The Morgan fingerprint density at radius 3 is 2.79 bits per heavy atom. The van der Waals surface area contributed by atoms with E-state index >= 15 is 0 Å². The van der Waals surface area contributed by atoms with E-state index in [4.69, 9.17) is 4.74 Å². The Morgan fingerprint density at radius 2 is 2.05 bits per heavy atom. The lowest BCUT2D eigenvalue weighted by Gasteiger charge is -2.10. The number of ether oxygens (including phenoxy) is 1. The quantitative estimate of drug-likeness (QED) is 0.807. The van der Waals surface area contributed by atoms with Gasteiger partial charge in [0.1, 0.15) is 0 Å². The smallest absolute Gasteiger partial charge is 0.221 e. The van der Waals surface area contributed by atoms with Crippen molar-refractivity contribution in [1.82, 2.24) is 4.98 Å². The van der Waals surface area contributed by atoms with Crippen LogP contribution in [0.1, 0.15) is 32.4 Å². The van der Waals surface area contributed by atoms with Crippen molar-refractivity contribution in [2.75, 3.05) is 6.61 Å². The highest BCUT2D eigenvalue weighted by molar-refractivity contribution is 5.87. The summed E-state index contributed by atoms with van der Waals surface area (Å²) in [6.07, 6.45) is 2.18. The minimum absolute atomic E-state index is 0.0623. The molecule has 0 saturated carbocycles. The van der Waals surface area contributed by atoms with Crippen LogP contribution in [0.25, 0.3) is 10.8 Å². The van der Waals surface area contributed by atoms with Crippen LogP contribution in [-0.2, 0) is 6.61 Å². The minimum atomic E-state index is -0.0623. The molecule has 2 aromatic rings. The summed E-state index contributed by atoms with van der Waals surface area (Å²) < 4.78 is 5.79. The Labute approximate surface area is 114 Å². The van der Waals surface area contributed by atoms with Crippen LogP contribution >= 0.6 is 0 Å². The number of hydrogen-bond donors (Lipinski definition) is 1. The molecular weight excluding hydrogens is 238 g/mol. The first-order chi connectivity index (χ1) is 9.20. The van der Waals surface area contributed by atoms with Crippen LogP contribution in [0.5, 0.6) is 5.88 Å². The molecule has 1 aromatic heterocycles. The van der Waals surface area contributed by atoms with Crippen molar-refractivity contribution in [2.45, 2.75) is 33.3 Å². The van der Waals surface area contributed by atoms with E-state index in [2.05, 4.69) is 18.8 Å². The van der Waals surface area contributed by atoms with Crippen molar-refractivity contribution in [3.8, 4) is 5.88 Å². The normalized spacial score (nSPS) is 11.2. The predicted octanol–water partition coefficient (Wildman–Crippen LogP) is 3.54. The molecule has 0 atom stereocenters. The Morgan fingerprint density at radius 1 is 1.26 bits per heavy atom. The van der Waals surface area contributed by atoms with Gasteiger partial charge in [0.2, 0.25) is 5.88 Å². The molecule has 0 fully saturated rings. The molecule has 0 saturated heterocycles. The molecule has 0 amide bonds. The van der Waals surface area contributed by atoms with Crippen molar-refractivity contribution in [1.29, 1.82) is 0 Å². The number of aliphatic hydroxyl groups is 1. The average Bonchev–Trinajstić information content (AvgIpc) is 2.42. The monoisotopic (exact) mass is 259 g/mol. The van der Waals surface area contributed by atoms with Gasteiger partial charge >= 0.3 is 0 Å². The molecule has 1 N–H and O–H groups in total. The average molecular weight is 259 g/mol. The molecular formula is C16H21NO2. The lowest BCUT2D eigenvalue weighted by Crippen LogP contribution is -2.03. The van der Waals surface area contributed by atoms with Gasteiger partial charge in [0.05, 0.1) is 18.9 Å². The number of aromatic nitrogens is 1. The maximum absolute atomic E-state index is 9.25. The number of hydrogen-bond acceptors (Lipinski definition) is 3. The molecule has 0 aliphatic rings. The van der Waals surface area contributed by atoms with E-state index in [9.17, 15) is 5.11 Å². The van der Waals surface area contributed by atoms with Gasteiger partial charge in [-0.15, -0.1) is 0 Å². The highest BCUT2D eigenvalue weighted by atomic mass is 16.5. The van der Waals surface area contributed by atoms with Crippen LogP contribution in [0.15, 0.2) is 30.3 Å². The number of benzene rings is 1. The molecule has 19 heavy (non-hydrogen) atoms. The van der Waals surface area contributed by atoms with Gasteiger partial charge in [-0.05, 0) is 36.3 Å². The first-order valence-corrected chi connectivity index (χ1v) is 6.83. The second-order valence-electron chi connectivity index (χ2n) is 5.18. The van der Waals surface area contributed by atoms with E-state index in [0.717, 1.165) is 23.6 Å².